The second-order valence-corrected chi connectivity index (χ2v) is 15.5. The number of nitrogens with zero attached hydrogens (tertiary/aromatic N) is 2. The first kappa shape index (κ1) is 29.9. The average molecular weight is 560 g/mol. The maximum atomic E-state index is 13.6. The molecule has 0 radical (unpaired) electrons. The Morgan fingerprint density at radius 3 is 1.68 bits per heavy atom. The zero-order valence-corrected chi connectivity index (χ0v) is 25.6. The van der Waals surface area contributed by atoms with Gasteiger partial charge < -0.3 is 14.5 Å². The Bertz CT molecular complexity index is 1250. The van der Waals surface area contributed by atoms with Gasteiger partial charge >= 0.3 is 10.1 Å². The molecule has 0 saturated heterocycles. The molecule has 1 N–H and O–H groups in total. The van der Waals surface area contributed by atoms with E-state index >= 15 is 0 Å². The second-order valence-electron chi connectivity index (χ2n) is 10.8. The van der Waals surface area contributed by atoms with Gasteiger partial charge in [-0.3, -0.25) is 3.63 Å². The summed E-state index contributed by atoms with van der Waals surface area (Å²) in [6, 6.07) is 23.9. The topological polar surface area (TPSA) is 62.7 Å². The van der Waals surface area contributed by atoms with Crippen LogP contribution in [0.4, 0.5) is 11.4 Å². The molecule has 0 saturated carbocycles. The summed E-state index contributed by atoms with van der Waals surface area (Å²) in [4.78, 5) is 6.58. The molecule has 0 heterocycles. The number of benzene rings is 3. The zero-order chi connectivity index (χ0) is 28.1. The summed E-state index contributed by atoms with van der Waals surface area (Å²) >= 11 is 0. The standard InChI is InChI=1S/C30H42N2O4S2/c1-9-10-22-37(33,34)36-38(27-18-14-24(15-19-27)31(5)6,28-20-16-25(17-21-28)32(7)8)29-13-11-12-26(23-29)35-30(2,3)4/h11-21,23H,9-10,22H2,1-8H3/p+1. The van der Waals surface area contributed by atoms with E-state index in [0.29, 0.717) is 12.2 Å². The molecule has 0 aliphatic carbocycles. The van der Waals surface area contributed by atoms with Crippen LogP contribution < -0.4 is 14.5 Å². The van der Waals surface area contributed by atoms with Gasteiger partial charge in [-0.1, -0.05) is 19.4 Å². The van der Waals surface area contributed by atoms with Gasteiger partial charge in [0.1, 0.15) is 17.1 Å². The summed E-state index contributed by atoms with van der Waals surface area (Å²) in [5, 5.41) is 0. The number of hydrogen-bond acceptors (Lipinski definition) is 5. The predicted molar refractivity (Wildman–Crippen MR) is 162 cm³/mol. The molecule has 208 valence electrons. The maximum Gasteiger partial charge on any atom is 0.390 e. The molecule has 0 bridgehead atoms. The highest BCUT2D eigenvalue weighted by Gasteiger charge is 2.43. The van der Waals surface area contributed by atoms with E-state index in [0.717, 1.165) is 32.5 Å². The molecular weight excluding hydrogens is 516 g/mol. The van der Waals surface area contributed by atoms with Crippen molar-refractivity contribution in [2.24, 2.45) is 0 Å². The van der Waals surface area contributed by atoms with Crippen molar-refractivity contribution in [3.63, 3.8) is 0 Å². The van der Waals surface area contributed by atoms with Gasteiger partial charge in [0, 0.05) is 39.6 Å². The normalized spacial score (nSPS) is 12.7. The lowest BCUT2D eigenvalue weighted by molar-refractivity contribution is 0.130. The van der Waals surface area contributed by atoms with Crippen molar-refractivity contribution in [1.82, 2.24) is 0 Å². The summed E-state index contributed by atoms with van der Waals surface area (Å²) in [6.07, 6.45) is 1.34. The third-order valence-corrected chi connectivity index (χ3v) is 11.4. The summed E-state index contributed by atoms with van der Waals surface area (Å²) in [5.74, 6) is 0.699. The number of unbranched alkanes of at least 4 members (excludes halogenated alkanes) is 1. The summed E-state index contributed by atoms with van der Waals surface area (Å²) in [6.45, 7) is 7.99. The number of ether oxygens (including phenoxy) is 1. The Morgan fingerprint density at radius 2 is 1.26 bits per heavy atom. The van der Waals surface area contributed by atoms with Gasteiger partial charge in [0.2, 0.25) is 0 Å². The molecule has 38 heavy (non-hydrogen) atoms. The van der Waals surface area contributed by atoms with Crippen molar-refractivity contribution in [1.29, 1.82) is 0 Å². The van der Waals surface area contributed by atoms with Crippen molar-refractivity contribution in [3.05, 3.63) is 72.8 Å². The Labute approximate surface area is 231 Å². The summed E-state index contributed by atoms with van der Waals surface area (Å²) < 4.78 is 38.3. The van der Waals surface area contributed by atoms with Gasteiger partial charge in [-0.15, -0.1) is 0 Å². The van der Waals surface area contributed by atoms with Crippen LogP contribution in [-0.4, -0.2) is 51.6 Å². The van der Waals surface area contributed by atoms with E-state index in [4.69, 9.17) is 8.37 Å². The highest BCUT2D eigenvalue weighted by Crippen LogP contribution is 2.69. The molecule has 3 aromatic carbocycles. The molecular formula is C30H43N2O4S2+. The zero-order valence-electron chi connectivity index (χ0n) is 23.9. The Hall–Kier alpha value is -2.68. The molecule has 0 unspecified atom stereocenters. The van der Waals surface area contributed by atoms with Crippen LogP contribution in [0.2, 0.25) is 0 Å². The third kappa shape index (κ3) is 7.24. The van der Waals surface area contributed by atoms with Crippen LogP contribution >= 0.6 is 10.3 Å². The SMILES string of the molecule is CCCCS(=O)(=O)[OH+]S(c1ccc(N(C)C)cc1)(c1ccc(N(C)C)cc1)c1cccc(OC(C)(C)C)c1. The van der Waals surface area contributed by atoms with E-state index in [1.165, 1.54) is 0 Å². The first-order valence-electron chi connectivity index (χ1n) is 12.9. The van der Waals surface area contributed by atoms with Gasteiger partial charge in [0.25, 0.3) is 0 Å². The van der Waals surface area contributed by atoms with Crippen LogP contribution in [0.3, 0.4) is 0 Å². The van der Waals surface area contributed by atoms with Crippen molar-refractivity contribution in [3.8, 4) is 5.75 Å². The fraction of sp³-hybridized carbons (Fsp3) is 0.400. The van der Waals surface area contributed by atoms with Crippen molar-refractivity contribution >= 4 is 31.8 Å². The lowest BCUT2D eigenvalue weighted by Crippen LogP contribution is -2.23. The minimum Gasteiger partial charge on any atom is -0.488 e. The van der Waals surface area contributed by atoms with Crippen molar-refractivity contribution in [2.45, 2.75) is 60.8 Å². The maximum absolute atomic E-state index is 13.6. The van der Waals surface area contributed by atoms with Crippen molar-refractivity contribution in [2.75, 3.05) is 43.7 Å². The Balaban J connectivity index is 2.35. The molecule has 3 aromatic rings. The second kappa shape index (κ2) is 12.0. The largest absolute Gasteiger partial charge is 0.488 e. The number of hydrogen-bond donors (Lipinski definition) is 0. The van der Waals surface area contributed by atoms with E-state index in [9.17, 15) is 8.42 Å². The van der Waals surface area contributed by atoms with Crippen LogP contribution in [0.15, 0.2) is 87.5 Å². The molecule has 0 atom stereocenters. The molecule has 0 aromatic heterocycles. The van der Waals surface area contributed by atoms with E-state index in [2.05, 4.69) is 0 Å². The van der Waals surface area contributed by atoms with Gasteiger partial charge in [0.15, 0.2) is 0 Å². The van der Waals surface area contributed by atoms with Gasteiger partial charge in [0.05, 0.1) is 25.0 Å². The van der Waals surface area contributed by atoms with E-state index in [1.807, 2.05) is 138 Å². The molecule has 0 spiro atoms. The lowest BCUT2D eigenvalue weighted by Gasteiger charge is -2.35. The number of rotatable bonds is 11. The summed E-state index contributed by atoms with van der Waals surface area (Å²) in [7, 11) is 1.64. The molecule has 0 aliphatic heterocycles. The smallest absolute Gasteiger partial charge is 0.390 e. The highest BCUT2D eigenvalue weighted by atomic mass is 32.3. The monoisotopic (exact) mass is 559 g/mol. The summed E-state index contributed by atoms with van der Waals surface area (Å²) in [5.41, 5.74) is 1.66. The quantitative estimate of drug-likeness (QED) is 0.181. The van der Waals surface area contributed by atoms with Gasteiger partial charge in [-0.2, -0.15) is 8.42 Å². The minimum absolute atomic E-state index is 0.0159. The average Bonchev–Trinajstić information content (AvgIpc) is 2.85. The van der Waals surface area contributed by atoms with E-state index < -0.39 is 26.0 Å². The Morgan fingerprint density at radius 1 is 0.763 bits per heavy atom. The molecule has 0 aliphatic rings. The Kier molecular flexibility index (Phi) is 9.44. The van der Waals surface area contributed by atoms with Crippen LogP contribution in [0.5, 0.6) is 5.75 Å². The molecule has 8 heteroatoms. The van der Waals surface area contributed by atoms with Crippen LogP contribution in [0, 0.1) is 0 Å². The molecule has 3 rings (SSSR count). The fourth-order valence-corrected chi connectivity index (χ4v) is 9.81. The van der Waals surface area contributed by atoms with Crippen LogP contribution in [0.25, 0.3) is 0 Å². The van der Waals surface area contributed by atoms with E-state index in [1.54, 1.807) is 0 Å². The molecule has 0 amide bonds. The third-order valence-electron chi connectivity index (χ3n) is 5.94. The minimum atomic E-state index is -3.75. The predicted octanol–water partition coefficient (Wildman–Crippen LogP) is 7.42. The molecule has 0 fully saturated rings. The van der Waals surface area contributed by atoms with Crippen LogP contribution in [-0.2, 0) is 10.1 Å². The fourth-order valence-electron chi connectivity index (χ4n) is 4.03. The van der Waals surface area contributed by atoms with Crippen LogP contribution in [0.1, 0.15) is 40.5 Å². The lowest BCUT2D eigenvalue weighted by atomic mass is 10.2. The first-order valence-corrected chi connectivity index (χ1v) is 16.1. The highest BCUT2D eigenvalue weighted by molar-refractivity contribution is 8.32. The molecule has 6 nitrogen and oxygen atoms in total. The van der Waals surface area contributed by atoms with E-state index in [-0.39, 0.29) is 5.75 Å². The van der Waals surface area contributed by atoms with Gasteiger partial charge in [-0.25, -0.2) is 0 Å². The van der Waals surface area contributed by atoms with Gasteiger partial charge in [-0.05, 0) is 93.9 Å². The first-order chi connectivity index (χ1) is 17.8. The number of anilines is 2. The van der Waals surface area contributed by atoms with Crippen molar-refractivity contribution < 1.29 is 16.8 Å².